The van der Waals surface area contributed by atoms with Crippen molar-refractivity contribution >= 4 is 63.4 Å². The van der Waals surface area contributed by atoms with E-state index in [0.29, 0.717) is 16.5 Å². The number of imide groups is 1. The van der Waals surface area contributed by atoms with E-state index in [1.807, 2.05) is 12.1 Å². The third kappa shape index (κ3) is 4.69. The summed E-state index contributed by atoms with van der Waals surface area (Å²) in [6.07, 6.45) is 0.134. The molecule has 0 aliphatic carbocycles. The maximum Gasteiger partial charge on any atom is 0.306 e. The normalized spacial score (nSPS) is 12.7. The molecular weight excluding hydrogens is 467 g/mol. The molecule has 0 atom stereocenters. The maximum atomic E-state index is 12.8. The molecule has 0 saturated heterocycles. The number of ether oxygens (including phenoxy) is 1. The average Bonchev–Trinajstić information content (AvgIpc) is 2.80. The first-order valence-electron chi connectivity index (χ1n) is 10.1. The Morgan fingerprint density at radius 3 is 2.06 bits per heavy atom. The fourth-order valence-corrected chi connectivity index (χ4v) is 4.17. The number of carbonyl (C=O) groups is 4. The van der Waals surface area contributed by atoms with E-state index in [9.17, 15) is 19.2 Å². The van der Waals surface area contributed by atoms with E-state index in [4.69, 9.17) is 27.9 Å². The number of nitrogens with one attached hydrogen (secondary N) is 1. The predicted molar refractivity (Wildman–Crippen MR) is 125 cm³/mol. The molecule has 0 aromatic heterocycles. The second-order valence-electron chi connectivity index (χ2n) is 7.38. The Morgan fingerprint density at radius 2 is 1.45 bits per heavy atom. The fourth-order valence-electron chi connectivity index (χ4n) is 3.68. The number of nitrogens with zero attached hydrogens (tertiary/aromatic N) is 1. The number of amides is 3. The Morgan fingerprint density at radius 1 is 0.879 bits per heavy atom. The van der Waals surface area contributed by atoms with Crippen molar-refractivity contribution in [1.82, 2.24) is 4.90 Å². The number of hydrogen-bond acceptors (Lipinski definition) is 5. The minimum Gasteiger partial charge on any atom is -0.456 e. The van der Waals surface area contributed by atoms with E-state index >= 15 is 0 Å². The van der Waals surface area contributed by atoms with Crippen molar-refractivity contribution in [2.75, 3.05) is 18.5 Å². The molecule has 0 unspecified atom stereocenters. The van der Waals surface area contributed by atoms with Crippen molar-refractivity contribution in [3.63, 3.8) is 0 Å². The third-order valence-electron chi connectivity index (χ3n) is 5.21. The molecule has 4 rings (SSSR count). The summed E-state index contributed by atoms with van der Waals surface area (Å²) in [5.41, 5.74) is 1.15. The molecule has 0 bridgehead atoms. The van der Waals surface area contributed by atoms with Gasteiger partial charge in [0.1, 0.15) is 0 Å². The van der Waals surface area contributed by atoms with Crippen molar-refractivity contribution < 1.29 is 23.9 Å². The van der Waals surface area contributed by atoms with Gasteiger partial charge in [0.2, 0.25) is 0 Å². The summed E-state index contributed by atoms with van der Waals surface area (Å²) in [6.45, 7) is -0.462. The second kappa shape index (κ2) is 9.60. The minimum atomic E-state index is -0.630. The molecule has 1 heterocycles. The average molecular weight is 485 g/mol. The van der Waals surface area contributed by atoms with Gasteiger partial charge in [0.05, 0.1) is 15.7 Å². The zero-order valence-corrected chi connectivity index (χ0v) is 18.8. The van der Waals surface area contributed by atoms with Crippen LogP contribution in [-0.2, 0) is 14.3 Å². The molecule has 168 valence electrons. The fraction of sp³-hybridized carbons (Fsp3) is 0.167. The molecule has 33 heavy (non-hydrogen) atoms. The van der Waals surface area contributed by atoms with Crippen LogP contribution >= 0.6 is 23.2 Å². The zero-order chi connectivity index (χ0) is 23.5. The van der Waals surface area contributed by atoms with Crippen LogP contribution < -0.4 is 5.32 Å². The van der Waals surface area contributed by atoms with Crippen molar-refractivity contribution in [3.05, 3.63) is 75.8 Å². The van der Waals surface area contributed by atoms with Crippen LogP contribution in [0.2, 0.25) is 10.0 Å². The predicted octanol–water partition coefficient (Wildman–Crippen LogP) is 4.70. The summed E-state index contributed by atoms with van der Waals surface area (Å²) in [5, 5.41) is 4.49. The van der Waals surface area contributed by atoms with Gasteiger partial charge in [-0.05, 0) is 36.1 Å². The molecule has 3 aromatic carbocycles. The van der Waals surface area contributed by atoms with Crippen LogP contribution in [0.15, 0.2) is 54.6 Å². The lowest BCUT2D eigenvalue weighted by molar-refractivity contribution is -0.147. The van der Waals surface area contributed by atoms with Crippen LogP contribution in [0.3, 0.4) is 0 Å². The number of carbonyl (C=O) groups excluding carboxylic acids is 4. The summed E-state index contributed by atoms with van der Waals surface area (Å²) in [4.78, 5) is 50.9. The number of rotatable bonds is 7. The Kier molecular flexibility index (Phi) is 6.62. The third-order valence-corrected chi connectivity index (χ3v) is 5.84. The first-order valence-corrected chi connectivity index (χ1v) is 10.9. The summed E-state index contributed by atoms with van der Waals surface area (Å²) < 4.78 is 4.98. The van der Waals surface area contributed by atoms with E-state index in [0.717, 1.165) is 10.3 Å². The number of hydrogen-bond donors (Lipinski definition) is 1. The zero-order valence-electron chi connectivity index (χ0n) is 17.3. The van der Waals surface area contributed by atoms with E-state index in [1.54, 1.807) is 42.5 Å². The number of benzene rings is 3. The van der Waals surface area contributed by atoms with Gasteiger partial charge in [0.25, 0.3) is 17.7 Å². The SMILES string of the molecule is O=C(COC(=O)CCCN1C(=O)c2cccc3cccc(c23)C1=O)Nc1c(Cl)cccc1Cl. The Balaban J connectivity index is 1.30. The van der Waals surface area contributed by atoms with Crippen LogP contribution in [0.5, 0.6) is 0 Å². The maximum absolute atomic E-state index is 12.8. The first kappa shape index (κ1) is 22.8. The van der Waals surface area contributed by atoms with Crippen molar-refractivity contribution in [3.8, 4) is 0 Å². The van der Waals surface area contributed by atoms with Crippen LogP contribution in [0.4, 0.5) is 5.69 Å². The highest BCUT2D eigenvalue weighted by Gasteiger charge is 2.32. The van der Waals surface area contributed by atoms with E-state index in [2.05, 4.69) is 5.32 Å². The highest BCUT2D eigenvalue weighted by Crippen LogP contribution is 2.31. The first-order chi connectivity index (χ1) is 15.9. The molecule has 3 amide bonds. The quantitative estimate of drug-likeness (QED) is 0.387. The Bertz CT molecular complexity index is 1220. The topological polar surface area (TPSA) is 92.8 Å². The highest BCUT2D eigenvalue weighted by atomic mass is 35.5. The van der Waals surface area contributed by atoms with Crippen LogP contribution in [0, 0.1) is 0 Å². The summed E-state index contributed by atoms with van der Waals surface area (Å²) in [7, 11) is 0. The molecule has 1 aliphatic rings. The van der Waals surface area contributed by atoms with Gasteiger partial charge in [0, 0.05) is 29.5 Å². The molecule has 3 aromatic rings. The monoisotopic (exact) mass is 484 g/mol. The Hall–Kier alpha value is -3.42. The van der Waals surface area contributed by atoms with Gasteiger partial charge in [-0.2, -0.15) is 0 Å². The van der Waals surface area contributed by atoms with Crippen molar-refractivity contribution in [2.45, 2.75) is 12.8 Å². The largest absolute Gasteiger partial charge is 0.456 e. The van der Waals surface area contributed by atoms with Crippen LogP contribution in [0.1, 0.15) is 33.6 Å². The molecule has 1 aliphatic heterocycles. The summed E-state index contributed by atoms with van der Waals surface area (Å²) in [6, 6.07) is 15.4. The van der Waals surface area contributed by atoms with Gasteiger partial charge in [-0.15, -0.1) is 0 Å². The lowest BCUT2D eigenvalue weighted by Gasteiger charge is -2.27. The number of halogens is 2. The van der Waals surface area contributed by atoms with Crippen molar-refractivity contribution in [2.24, 2.45) is 0 Å². The summed E-state index contributed by atoms with van der Waals surface area (Å²) >= 11 is 12.0. The molecule has 0 saturated carbocycles. The smallest absolute Gasteiger partial charge is 0.306 e. The lowest BCUT2D eigenvalue weighted by Crippen LogP contribution is -2.41. The van der Waals surface area contributed by atoms with Gasteiger partial charge in [-0.1, -0.05) is 53.5 Å². The van der Waals surface area contributed by atoms with Gasteiger partial charge in [-0.3, -0.25) is 24.1 Å². The van der Waals surface area contributed by atoms with E-state index in [1.165, 1.54) is 0 Å². The van der Waals surface area contributed by atoms with Crippen LogP contribution in [-0.4, -0.2) is 41.7 Å². The number of para-hydroxylation sites is 1. The molecular formula is C24H18Cl2N2O5. The molecule has 0 fully saturated rings. The number of esters is 1. The van der Waals surface area contributed by atoms with Gasteiger partial charge >= 0.3 is 5.97 Å². The standard InChI is InChI=1S/C24H18Cl2N2O5/c25-17-9-3-10-18(26)22(17)27-19(29)13-33-20(30)11-4-12-28-23(31)15-7-1-5-14-6-2-8-16(21(14)15)24(28)32/h1-3,5-10H,4,11-13H2,(H,27,29). The van der Waals surface area contributed by atoms with Gasteiger partial charge in [-0.25, -0.2) is 0 Å². The molecule has 7 nitrogen and oxygen atoms in total. The molecule has 1 N–H and O–H groups in total. The van der Waals surface area contributed by atoms with Crippen molar-refractivity contribution in [1.29, 1.82) is 0 Å². The Labute approximate surface area is 199 Å². The molecule has 9 heteroatoms. The number of anilines is 1. The second-order valence-corrected chi connectivity index (χ2v) is 8.19. The van der Waals surface area contributed by atoms with E-state index in [-0.39, 0.29) is 35.1 Å². The highest BCUT2D eigenvalue weighted by molar-refractivity contribution is 6.39. The molecule has 0 radical (unpaired) electrons. The van der Waals surface area contributed by atoms with Gasteiger partial charge in [0.15, 0.2) is 6.61 Å². The van der Waals surface area contributed by atoms with Crippen LogP contribution in [0.25, 0.3) is 10.8 Å². The minimum absolute atomic E-state index is 0.0545. The summed E-state index contributed by atoms with van der Waals surface area (Å²) in [5.74, 6) is -2.01. The van der Waals surface area contributed by atoms with Gasteiger partial charge < -0.3 is 10.1 Å². The van der Waals surface area contributed by atoms with E-state index < -0.39 is 30.3 Å². The lowest BCUT2D eigenvalue weighted by atomic mass is 9.94. The molecule has 0 spiro atoms.